The summed E-state index contributed by atoms with van der Waals surface area (Å²) in [4.78, 5) is 2.43. The van der Waals surface area contributed by atoms with Crippen LogP contribution in [0, 0.1) is 0 Å². The molecule has 0 amide bonds. The van der Waals surface area contributed by atoms with Gasteiger partial charge in [0, 0.05) is 17.1 Å². The van der Waals surface area contributed by atoms with E-state index in [0.717, 1.165) is 22.6 Å². The van der Waals surface area contributed by atoms with Gasteiger partial charge in [0.2, 0.25) is 0 Å². The summed E-state index contributed by atoms with van der Waals surface area (Å²) >= 11 is 0. The zero-order valence-corrected chi connectivity index (χ0v) is 36.4. The third kappa shape index (κ3) is 6.73. The van der Waals surface area contributed by atoms with E-state index in [1.807, 2.05) is 0 Å². The zero-order chi connectivity index (χ0) is 43.9. The number of hydrogen-bond acceptors (Lipinski definition) is 1. The molecular weight excluding hydrogens is 795 g/mol. The van der Waals surface area contributed by atoms with Crippen LogP contribution in [0.15, 0.2) is 273 Å². The Balaban J connectivity index is 1.01. The van der Waals surface area contributed by atoms with Crippen LogP contribution in [-0.2, 0) is 5.41 Å². The van der Waals surface area contributed by atoms with E-state index in [9.17, 15) is 0 Å². The fourth-order valence-corrected chi connectivity index (χ4v) is 10.5. The summed E-state index contributed by atoms with van der Waals surface area (Å²) in [5.74, 6) is 0. The Morgan fingerprint density at radius 3 is 1.42 bits per heavy atom. The van der Waals surface area contributed by atoms with Crippen molar-refractivity contribution < 1.29 is 0 Å². The number of nitrogens with zero attached hydrogens (tertiary/aromatic N) is 1. The number of hydrogen-bond donors (Lipinski definition) is 0. The molecule has 1 nitrogen and oxygen atoms in total. The smallest absolute Gasteiger partial charge is 0.0714 e. The molecule has 0 aliphatic heterocycles. The van der Waals surface area contributed by atoms with Gasteiger partial charge in [-0.05, 0) is 131 Å². The molecule has 0 fully saturated rings. The predicted molar refractivity (Wildman–Crippen MR) is 278 cm³/mol. The molecule has 1 aliphatic carbocycles. The highest BCUT2D eigenvalue weighted by atomic mass is 15.1. The second kappa shape index (κ2) is 16.6. The molecule has 11 aromatic carbocycles. The van der Waals surface area contributed by atoms with E-state index in [1.165, 1.54) is 83.1 Å². The van der Waals surface area contributed by atoms with Crippen LogP contribution < -0.4 is 4.90 Å². The number of rotatable bonds is 9. The largest absolute Gasteiger partial charge is 0.310 e. The molecule has 1 aliphatic rings. The Morgan fingerprint density at radius 1 is 0.242 bits per heavy atom. The van der Waals surface area contributed by atoms with Gasteiger partial charge in [0.05, 0.1) is 5.41 Å². The van der Waals surface area contributed by atoms with Crippen molar-refractivity contribution in [3.8, 4) is 55.6 Å². The van der Waals surface area contributed by atoms with Gasteiger partial charge in [-0.2, -0.15) is 0 Å². The van der Waals surface area contributed by atoms with E-state index >= 15 is 0 Å². The van der Waals surface area contributed by atoms with Crippen LogP contribution >= 0.6 is 0 Å². The first-order valence-corrected chi connectivity index (χ1v) is 22.8. The Labute approximate surface area is 387 Å². The fraction of sp³-hybridized carbons (Fsp3) is 0.0154. The highest BCUT2D eigenvalue weighted by Gasteiger charge is 2.46. The molecule has 0 heterocycles. The molecule has 310 valence electrons. The first-order valence-electron chi connectivity index (χ1n) is 22.8. The van der Waals surface area contributed by atoms with Gasteiger partial charge < -0.3 is 4.90 Å². The Bertz CT molecular complexity index is 3460. The maximum absolute atomic E-state index is 2.46. The highest BCUT2D eigenvalue weighted by molar-refractivity contribution is 5.97. The topological polar surface area (TPSA) is 3.24 Å². The fourth-order valence-electron chi connectivity index (χ4n) is 10.5. The molecule has 1 heteroatoms. The van der Waals surface area contributed by atoms with Crippen LogP contribution in [0.25, 0.3) is 66.4 Å². The standard InChI is InChI=1S/C65H45N/c1-4-17-46(18-5-1)47-33-35-48(36-34-47)52-22-15-28-57(44-52)66(56-39-37-49(38-40-56)51-21-14-23-53(43-51)60-31-16-20-50-19-10-11-29-59(50)60)58-41-42-62-61-30-12-13-32-63(61)65(64(62)45-58,54-24-6-2-7-25-54)55-26-8-3-9-27-55/h1-45H. The van der Waals surface area contributed by atoms with E-state index in [2.05, 4.69) is 278 Å². The normalized spacial score (nSPS) is 12.4. The van der Waals surface area contributed by atoms with E-state index in [-0.39, 0.29) is 0 Å². The first-order chi connectivity index (χ1) is 32.7. The van der Waals surface area contributed by atoms with E-state index < -0.39 is 5.41 Å². The molecule has 0 saturated heterocycles. The minimum Gasteiger partial charge on any atom is -0.310 e. The summed E-state index contributed by atoms with van der Waals surface area (Å²) in [5.41, 5.74) is 19.9. The molecule has 12 rings (SSSR count). The Hall–Kier alpha value is -8.52. The summed E-state index contributed by atoms with van der Waals surface area (Å²) in [6.45, 7) is 0. The lowest BCUT2D eigenvalue weighted by molar-refractivity contribution is 0.768. The van der Waals surface area contributed by atoms with E-state index in [4.69, 9.17) is 0 Å². The van der Waals surface area contributed by atoms with Gasteiger partial charge in [-0.25, -0.2) is 0 Å². The Morgan fingerprint density at radius 2 is 0.697 bits per heavy atom. The molecule has 66 heavy (non-hydrogen) atoms. The molecule has 0 aromatic heterocycles. The van der Waals surface area contributed by atoms with Crippen LogP contribution in [0.2, 0.25) is 0 Å². The molecule has 0 radical (unpaired) electrons. The zero-order valence-electron chi connectivity index (χ0n) is 36.4. The summed E-state index contributed by atoms with van der Waals surface area (Å²) in [5, 5.41) is 2.51. The molecule has 0 bridgehead atoms. The van der Waals surface area contributed by atoms with Gasteiger partial charge in [0.1, 0.15) is 0 Å². The second-order valence-corrected chi connectivity index (χ2v) is 17.2. The summed E-state index contributed by atoms with van der Waals surface area (Å²) in [7, 11) is 0. The Kier molecular flexibility index (Phi) is 9.81. The maximum Gasteiger partial charge on any atom is 0.0714 e. The molecule has 0 atom stereocenters. The van der Waals surface area contributed by atoms with Gasteiger partial charge in [-0.3, -0.25) is 0 Å². The number of fused-ring (bicyclic) bond motifs is 4. The van der Waals surface area contributed by atoms with Crippen molar-refractivity contribution in [1.29, 1.82) is 0 Å². The van der Waals surface area contributed by atoms with Gasteiger partial charge in [-0.1, -0.05) is 231 Å². The minimum atomic E-state index is -0.516. The maximum atomic E-state index is 2.46. The molecular formula is C65H45N. The monoisotopic (exact) mass is 839 g/mol. The van der Waals surface area contributed by atoms with Crippen LogP contribution in [0.1, 0.15) is 22.3 Å². The third-order valence-electron chi connectivity index (χ3n) is 13.6. The van der Waals surface area contributed by atoms with Crippen molar-refractivity contribution in [1.82, 2.24) is 0 Å². The van der Waals surface area contributed by atoms with Crippen molar-refractivity contribution >= 4 is 27.8 Å². The second-order valence-electron chi connectivity index (χ2n) is 17.2. The third-order valence-corrected chi connectivity index (χ3v) is 13.6. The quantitative estimate of drug-likeness (QED) is 0.140. The van der Waals surface area contributed by atoms with Crippen molar-refractivity contribution in [2.75, 3.05) is 4.90 Å². The van der Waals surface area contributed by atoms with Gasteiger partial charge in [0.15, 0.2) is 0 Å². The average molecular weight is 840 g/mol. The number of benzene rings is 11. The van der Waals surface area contributed by atoms with Crippen molar-refractivity contribution in [3.05, 3.63) is 295 Å². The van der Waals surface area contributed by atoms with Crippen molar-refractivity contribution in [2.45, 2.75) is 5.41 Å². The van der Waals surface area contributed by atoms with E-state index in [1.54, 1.807) is 0 Å². The van der Waals surface area contributed by atoms with Crippen LogP contribution in [0.4, 0.5) is 17.1 Å². The number of anilines is 3. The van der Waals surface area contributed by atoms with Crippen molar-refractivity contribution in [2.24, 2.45) is 0 Å². The van der Waals surface area contributed by atoms with Gasteiger partial charge in [-0.15, -0.1) is 0 Å². The van der Waals surface area contributed by atoms with Crippen LogP contribution in [0.5, 0.6) is 0 Å². The molecule has 0 unspecified atom stereocenters. The van der Waals surface area contributed by atoms with Crippen molar-refractivity contribution in [3.63, 3.8) is 0 Å². The van der Waals surface area contributed by atoms with E-state index in [0.29, 0.717) is 0 Å². The molecule has 11 aromatic rings. The average Bonchev–Trinajstić information content (AvgIpc) is 3.70. The summed E-state index contributed by atoms with van der Waals surface area (Å²) < 4.78 is 0. The van der Waals surface area contributed by atoms with Gasteiger partial charge >= 0.3 is 0 Å². The highest BCUT2D eigenvalue weighted by Crippen LogP contribution is 2.57. The van der Waals surface area contributed by atoms with Gasteiger partial charge in [0.25, 0.3) is 0 Å². The molecule has 0 N–H and O–H groups in total. The molecule has 0 saturated carbocycles. The first kappa shape index (κ1) is 39.1. The lowest BCUT2D eigenvalue weighted by Crippen LogP contribution is -2.28. The molecule has 0 spiro atoms. The lowest BCUT2D eigenvalue weighted by Gasteiger charge is -2.35. The summed E-state index contributed by atoms with van der Waals surface area (Å²) in [6.07, 6.45) is 0. The predicted octanol–water partition coefficient (Wildman–Crippen LogP) is 17.3. The SMILES string of the molecule is c1ccc(-c2ccc(-c3cccc(N(c4ccc(-c5cccc(-c6cccc7ccccc67)c5)cc4)c4ccc5c(c4)C(c4ccccc4)(c4ccccc4)c4ccccc4-5)c3)cc2)cc1. The van der Waals surface area contributed by atoms with Crippen LogP contribution in [-0.4, -0.2) is 0 Å². The minimum absolute atomic E-state index is 0.516. The van der Waals surface area contributed by atoms with Crippen LogP contribution in [0.3, 0.4) is 0 Å². The lowest BCUT2D eigenvalue weighted by atomic mass is 9.67. The summed E-state index contributed by atoms with van der Waals surface area (Å²) in [6, 6.07) is 100.